The second-order valence-electron chi connectivity index (χ2n) is 7.11. The Bertz CT molecular complexity index is 977. The van der Waals surface area contributed by atoms with Gasteiger partial charge in [0.05, 0.1) is 18.4 Å². The summed E-state index contributed by atoms with van der Waals surface area (Å²) in [5.74, 6) is -2.02. The zero-order valence-electron chi connectivity index (χ0n) is 15.4. The second-order valence-corrected chi connectivity index (χ2v) is 7.95. The summed E-state index contributed by atoms with van der Waals surface area (Å²) in [6, 6.07) is 13.4. The topological polar surface area (TPSA) is 57.7 Å². The van der Waals surface area contributed by atoms with Gasteiger partial charge in [0.25, 0.3) is 17.7 Å². The Labute approximate surface area is 178 Å². The number of amides is 3. The molecule has 1 fully saturated rings. The highest BCUT2D eigenvalue weighted by molar-refractivity contribution is 6.31. The van der Waals surface area contributed by atoms with Crippen molar-refractivity contribution in [2.75, 3.05) is 0 Å². The van der Waals surface area contributed by atoms with Crippen LogP contribution in [0, 0.1) is 11.8 Å². The van der Waals surface area contributed by atoms with E-state index in [1.54, 1.807) is 48.5 Å². The van der Waals surface area contributed by atoms with E-state index in [-0.39, 0.29) is 18.4 Å². The molecule has 2 aliphatic rings. The number of carbonyl (C=O) groups is 3. The lowest BCUT2D eigenvalue weighted by Crippen LogP contribution is -2.49. The number of hydrazine groups is 1. The number of halogens is 2. The number of allylic oxidation sites excluding steroid dienone is 2. The molecule has 0 aromatic heterocycles. The van der Waals surface area contributed by atoms with Crippen molar-refractivity contribution in [3.05, 3.63) is 81.9 Å². The first kappa shape index (κ1) is 19.7. The molecule has 2 aromatic carbocycles. The number of hydrogen-bond donors (Lipinski definition) is 0. The molecule has 2 aromatic rings. The quantitative estimate of drug-likeness (QED) is 0.531. The van der Waals surface area contributed by atoms with Crippen molar-refractivity contribution >= 4 is 40.9 Å². The molecular formula is C22H18Cl2N2O3. The van der Waals surface area contributed by atoms with Crippen LogP contribution >= 0.6 is 23.2 Å². The molecule has 1 aliphatic carbocycles. The fourth-order valence-corrected chi connectivity index (χ4v) is 4.11. The fourth-order valence-electron chi connectivity index (χ4n) is 3.78. The Balaban J connectivity index is 1.73. The molecule has 148 valence electrons. The lowest BCUT2D eigenvalue weighted by Gasteiger charge is -2.31. The summed E-state index contributed by atoms with van der Waals surface area (Å²) in [7, 11) is 0. The van der Waals surface area contributed by atoms with Crippen molar-refractivity contribution in [3.63, 3.8) is 0 Å². The van der Waals surface area contributed by atoms with Gasteiger partial charge in [-0.25, -0.2) is 5.01 Å². The van der Waals surface area contributed by atoms with Crippen molar-refractivity contribution < 1.29 is 14.4 Å². The molecule has 0 radical (unpaired) electrons. The van der Waals surface area contributed by atoms with Crippen LogP contribution in [0.2, 0.25) is 10.0 Å². The van der Waals surface area contributed by atoms with Crippen molar-refractivity contribution in [2.45, 2.75) is 19.4 Å². The standard InChI is InChI=1S/C22H18Cl2N2O3/c23-16-11-9-14(10-12-16)20(27)25(13-15-5-1-4-8-19(15)24)26-21(28)17-6-2-3-7-18(17)22(26)29/h1-5,8-12,17-18H,6-7,13H2/t17-,18-/m1/s1. The lowest BCUT2D eigenvalue weighted by atomic mass is 9.85. The van der Waals surface area contributed by atoms with Gasteiger partial charge in [-0.2, -0.15) is 5.01 Å². The summed E-state index contributed by atoms with van der Waals surface area (Å²) in [6.45, 7) is 0.00544. The molecule has 29 heavy (non-hydrogen) atoms. The highest BCUT2D eigenvalue weighted by Crippen LogP contribution is 2.37. The van der Waals surface area contributed by atoms with E-state index in [0.717, 1.165) is 5.01 Å². The van der Waals surface area contributed by atoms with Crippen LogP contribution in [0.3, 0.4) is 0 Å². The van der Waals surface area contributed by atoms with Crippen LogP contribution in [0.25, 0.3) is 0 Å². The first-order chi connectivity index (χ1) is 14.0. The van der Waals surface area contributed by atoms with Crippen LogP contribution in [0.4, 0.5) is 0 Å². The van der Waals surface area contributed by atoms with Gasteiger partial charge in [0.2, 0.25) is 0 Å². The van der Waals surface area contributed by atoms with Gasteiger partial charge in [-0.15, -0.1) is 0 Å². The maximum atomic E-state index is 13.3. The second kappa shape index (κ2) is 8.01. The van der Waals surface area contributed by atoms with Gasteiger partial charge < -0.3 is 0 Å². The number of hydrogen-bond acceptors (Lipinski definition) is 3. The summed E-state index contributed by atoms with van der Waals surface area (Å²) in [6.07, 6.45) is 4.83. The minimum Gasteiger partial charge on any atom is -0.272 e. The summed E-state index contributed by atoms with van der Waals surface area (Å²) in [5.41, 5.74) is 0.972. The van der Waals surface area contributed by atoms with E-state index in [9.17, 15) is 14.4 Å². The van der Waals surface area contributed by atoms with Crippen LogP contribution in [0.15, 0.2) is 60.7 Å². The van der Waals surface area contributed by atoms with E-state index >= 15 is 0 Å². The van der Waals surface area contributed by atoms with Crippen LogP contribution in [-0.4, -0.2) is 27.7 Å². The highest BCUT2D eigenvalue weighted by atomic mass is 35.5. The largest absolute Gasteiger partial charge is 0.273 e. The molecule has 1 heterocycles. The van der Waals surface area contributed by atoms with Crippen molar-refractivity contribution in [1.82, 2.24) is 10.0 Å². The maximum Gasteiger partial charge on any atom is 0.273 e. The normalized spacial score (nSPS) is 20.7. The molecule has 1 aliphatic heterocycles. The van der Waals surface area contributed by atoms with Crippen LogP contribution < -0.4 is 0 Å². The molecule has 4 rings (SSSR count). The maximum absolute atomic E-state index is 13.3. The van der Waals surface area contributed by atoms with E-state index in [2.05, 4.69) is 0 Å². The summed E-state index contributed by atoms with van der Waals surface area (Å²) in [5, 5.41) is 3.17. The molecule has 1 saturated heterocycles. The Morgan fingerprint density at radius 1 is 0.931 bits per heavy atom. The number of imide groups is 1. The lowest BCUT2D eigenvalue weighted by molar-refractivity contribution is -0.155. The number of nitrogens with zero attached hydrogens (tertiary/aromatic N) is 2. The Kier molecular flexibility index (Phi) is 5.43. The molecule has 0 saturated carbocycles. The van der Waals surface area contributed by atoms with Gasteiger partial charge in [0.1, 0.15) is 0 Å². The van der Waals surface area contributed by atoms with Gasteiger partial charge in [-0.3, -0.25) is 14.4 Å². The Morgan fingerprint density at radius 3 is 2.10 bits per heavy atom. The minimum atomic E-state index is -0.463. The first-order valence-electron chi connectivity index (χ1n) is 9.31. The summed E-state index contributed by atoms with van der Waals surface area (Å²) < 4.78 is 0. The molecule has 0 unspecified atom stereocenters. The Morgan fingerprint density at radius 2 is 1.52 bits per heavy atom. The van der Waals surface area contributed by atoms with Gasteiger partial charge in [-0.1, -0.05) is 53.6 Å². The van der Waals surface area contributed by atoms with E-state index in [4.69, 9.17) is 23.2 Å². The Hall–Kier alpha value is -2.63. The van der Waals surface area contributed by atoms with Crippen LogP contribution in [-0.2, 0) is 16.1 Å². The summed E-state index contributed by atoms with van der Waals surface area (Å²) >= 11 is 12.2. The highest BCUT2D eigenvalue weighted by Gasteiger charge is 2.50. The fraction of sp³-hybridized carbons (Fsp3) is 0.227. The van der Waals surface area contributed by atoms with Crippen molar-refractivity contribution in [3.8, 4) is 0 Å². The monoisotopic (exact) mass is 428 g/mol. The molecule has 7 heteroatoms. The molecule has 3 amide bonds. The minimum absolute atomic E-state index is 0.00544. The zero-order chi connectivity index (χ0) is 20.5. The first-order valence-corrected chi connectivity index (χ1v) is 10.1. The third-order valence-corrected chi connectivity index (χ3v) is 5.95. The molecular weight excluding hydrogens is 411 g/mol. The number of rotatable bonds is 4. The molecule has 2 atom stereocenters. The number of fused-ring (bicyclic) bond motifs is 1. The van der Waals surface area contributed by atoms with Crippen molar-refractivity contribution in [2.24, 2.45) is 11.8 Å². The van der Waals surface area contributed by atoms with E-state index in [1.165, 1.54) is 5.01 Å². The van der Waals surface area contributed by atoms with Crippen molar-refractivity contribution in [1.29, 1.82) is 0 Å². The smallest absolute Gasteiger partial charge is 0.272 e. The molecule has 0 spiro atoms. The average Bonchev–Trinajstić information content (AvgIpc) is 2.98. The SMILES string of the molecule is O=C(c1ccc(Cl)cc1)N(Cc1ccccc1Cl)N1C(=O)[C@@H]2CC=CC[C@H]2C1=O. The third kappa shape index (κ3) is 3.68. The molecule has 0 N–H and O–H groups in total. The van der Waals surface area contributed by atoms with Gasteiger partial charge >= 0.3 is 0 Å². The average molecular weight is 429 g/mol. The zero-order valence-corrected chi connectivity index (χ0v) is 16.9. The van der Waals surface area contributed by atoms with Crippen LogP contribution in [0.1, 0.15) is 28.8 Å². The van der Waals surface area contributed by atoms with E-state index in [0.29, 0.717) is 34.0 Å². The number of carbonyl (C=O) groups excluding carboxylic acids is 3. The predicted octanol–water partition coefficient (Wildman–Crippen LogP) is 4.50. The third-order valence-electron chi connectivity index (χ3n) is 5.33. The van der Waals surface area contributed by atoms with Gasteiger partial charge in [0.15, 0.2) is 0 Å². The predicted molar refractivity (Wildman–Crippen MR) is 110 cm³/mol. The number of benzene rings is 2. The van der Waals surface area contributed by atoms with E-state index < -0.39 is 17.7 Å². The van der Waals surface area contributed by atoms with Crippen LogP contribution in [0.5, 0.6) is 0 Å². The molecule has 5 nitrogen and oxygen atoms in total. The summed E-state index contributed by atoms with van der Waals surface area (Å²) in [4.78, 5) is 39.5. The van der Waals surface area contributed by atoms with E-state index in [1.807, 2.05) is 12.2 Å². The molecule has 0 bridgehead atoms. The van der Waals surface area contributed by atoms with Gasteiger partial charge in [0, 0.05) is 15.6 Å². The van der Waals surface area contributed by atoms with Gasteiger partial charge in [-0.05, 0) is 48.7 Å².